The number of hydrogen-bond acceptors (Lipinski definition) is 5. The number of amides is 1. The van der Waals surface area contributed by atoms with Crippen LogP contribution in [-0.4, -0.2) is 37.3 Å². The molecule has 10 heteroatoms. The van der Waals surface area contributed by atoms with Crippen LogP contribution in [0.4, 0.5) is 10.2 Å². The molecule has 0 saturated heterocycles. The van der Waals surface area contributed by atoms with Gasteiger partial charge in [-0.15, -0.1) is 0 Å². The molecule has 0 bridgehead atoms. The summed E-state index contributed by atoms with van der Waals surface area (Å²) < 4.78 is 17.8. The maximum atomic E-state index is 13.9. The van der Waals surface area contributed by atoms with Gasteiger partial charge in [-0.25, -0.2) is 4.39 Å². The van der Waals surface area contributed by atoms with E-state index in [1.165, 1.54) is 6.07 Å². The minimum atomic E-state index is -0.756. The minimum Gasteiger partial charge on any atom is -0.382 e. The lowest BCUT2D eigenvalue weighted by atomic mass is 10.1. The largest absolute Gasteiger partial charge is 0.382 e. The topological polar surface area (TPSA) is 86.3 Å². The number of rotatable bonds is 6. The Bertz CT molecular complexity index is 1120. The predicted octanol–water partition coefficient (Wildman–Crippen LogP) is 3.49. The van der Waals surface area contributed by atoms with Gasteiger partial charge in [0.25, 0.3) is 5.91 Å². The molecule has 1 amide bonds. The normalized spacial score (nSPS) is 15.7. The van der Waals surface area contributed by atoms with Gasteiger partial charge in [-0.3, -0.25) is 14.2 Å². The molecule has 1 aliphatic rings. The number of oxime groups is 1. The Morgan fingerprint density at radius 2 is 2.10 bits per heavy atom. The molecule has 1 N–H and O–H groups in total. The number of benzene rings is 1. The van der Waals surface area contributed by atoms with E-state index in [1.807, 2.05) is 24.7 Å². The Hall–Kier alpha value is -3.01. The van der Waals surface area contributed by atoms with Gasteiger partial charge in [-0.2, -0.15) is 10.2 Å². The van der Waals surface area contributed by atoms with E-state index < -0.39 is 6.10 Å². The highest BCUT2D eigenvalue weighted by Gasteiger charge is 2.31. The highest BCUT2D eigenvalue weighted by molar-refractivity contribution is 9.10. The second-order valence-electron chi connectivity index (χ2n) is 6.92. The fraction of sp³-hybridized carbons (Fsp3) is 0.300. The molecule has 0 spiro atoms. The number of aromatic nitrogens is 4. The molecule has 8 nitrogen and oxygen atoms in total. The molecule has 3 aromatic rings. The zero-order chi connectivity index (χ0) is 21.3. The summed E-state index contributed by atoms with van der Waals surface area (Å²) in [6, 6.07) is 6.49. The summed E-state index contributed by atoms with van der Waals surface area (Å²) in [5, 5.41) is 15.5. The van der Waals surface area contributed by atoms with Crippen LogP contribution in [0.5, 0.6) is 0 Å². The lowest BCUT2D eigenvalue weighted by Gasteiger charge is -2.08. The number of nitrogens with zero attached hydrogens (tertiary/aromatic N) is 5. The number of carbonyl (C=O) groups excluding carboxylic acids is 1. The molecular formula is C20H20BrFN6O2. The van der Waals surface area contributed by atoms with Crippen LogP contribution < -0.4 is 5.32 Å². The summed E-state index contributed by atoms with van der Waals surface area (Å²) in [6.07, 6.45) is 3.17. The zero-order valence-electron chi connectivity index (χ0n) is 16.5. The Morgan fingerprint density at radius 3 is 2.83 bits per heavy atom. The third-order valence-electron chi connectivity index (χ3n) is 4.79. The first-order valence-electron chi connectivity index (χ1n) is 9.49. The number of nitrogens with one attached hydrogen (secondary N) is 1. The first-order chi connectivity index (χ1) is 14.4. The third kappa shape index (κ3) is 4.13. The highest BCUT2D eigenvalue weighted by Crippen LogP contribution is 2.24. The number of halogens is 2. The van der Waals surface area contributed by atoms with E-state index in [0.29, 0.717) is 28.0 Å². The van der Waals surface area contributed by atoms with E-state index in [2.05, 4.69) is 36.6 Å². The summed E-state index contributed by atoms with van der Waals surface area (Å²) in [7, 11) is 0. The average Bonchev–Trinajstić information content (AvgIpc) is 3.43. The van der Waals surface area contributed by atoms with Crippen molar-refractivity contribution in [2.75, 3.05) is 5.32 Å². The van der Waals surface area contributed by atoms with Gasteiger partial charge in [-0.05, 0) is 35.8 Å². The van der Waals surface area contributed by atoms with Gasteiger partial charge in [0.05, 0.1) is 22.4 Å². The average molecular weight is 475 g/mol. The van der Waals surface area contributed by atoms with Crippen LogP contribution in [0.1, 0.15) is 30.2 Å². The summed E-state index contributed by atoms with van der Waals surface area (Å²) in [5.41, 5.74) is 2.92. The Balaban J connectivity index is 1.41. The molecule has 1 aromatic carbocycles. The van der Waals surface area contributed by atoms with Crippen LogP contribution >= 0.6 is 15.9 Å². The predicted molar refractivity (Wildman–Crippen MR) is 113 cm³/mol. The fourth-order valence-corrected chi connectivity index (χ4v) is 3.62. The molecule has 156 valence electrons. The summed E-state index contributed by atoms with van der Waals surface area (Å²) in [4.78, 5) is 18.0. The van der Waals surface area contributed by atoms with Crippen LogP contribution in [0, 0.1) is 12.7 Å². The molecule has 3 heterocycles. The van der Waals surface area contributed by atoms with Gasteiger partial charge in [0, 0.05) is 36.5 Å². The van der Waals surface area contributed by atoms with Crippen LogP contribution in [0.25, 0.3) is 0 Å². The van der Waals surface area contributed by atoms with Crippen LogP contribution in [0.3, 0.4) is 0 Å². The monoisotopic (exact) mass is 474 g/mol. The molecule has 1 aliphatic heterocycles. The molecule has 30 heavy (non-hydrogen) atoms. The minimum absolute atomic E-state index is 0.245. The second kappa shape index (κ2) is 8.39. The van der Waals surface area contributed by atoms with E-state index >= 15 is 0 Å². The Labute approximate surface area is 180 Å². The van der Waals surface area contributed by atoms with E-state index in [0.717, 1.165) is 17.8 Å². The lowest BCUT2D eigenvalue weighted by Crippen LogP contribution is -2.28. The summed E-state index contributed by atoms with van der Waals surface area (Å²) in [5.74, 6) is -0.324. The number of hydrogen-bond donors (Lipinski definition) is 1. The maximum absolute atomic E-state index is 13.9. The van der Waals surface area contributed by atoms with Crippen LogP contribution in [0.15, 0.2) is 46.3 Å². The van der Waals surface area contributed by atoms with Gasteiger partial charge in [0.15, 0.2) is 5.82 Å². The molecule has 1 unspecified atom stereocenters. The third-order valence-corrected chi connectivity index (χ3v) is 5.37. The van der Waals surface area contributed by atoms with Crippen molar-refractivity contribution in [1.29, 1.82) is 0 Å². The quantitative estimate of drug-likeness (QED) is 0.592. The van der Waals surface area contributed by atoms with Crippen molar-refractivity contribution in [3.05, 3.63) is 63.8 Å². The van der Waals surface area contributed by atoms with Crippen LogP contribution in [0.2, 0.25) is 0 Å². The van der Waals surface area contributed by atoms with Crippen molar-refractivity contribution < 1.29 is 14.0 Å². The van der Waals surface area contributed by atoms with Crippen LogP contribution in [-0.2, 0) is 22.7 Å². The summed E-state index contributed by atoms with van der Waals surface area (Å²) >= 11 is 3.38. The van der Waals surface area contributed by atoms with E-state index in [-0.39, 0.29) is 18.3 Å². The van der Waals surface area contributed by atoms with Crippen molar-refractivity contribution >= 4 is 33.4 Å². The number of carbonyl (C=O) groups is 1. The van der Waals surface area contributed by atoms with E-state index in [9.17, 15) is 9.18 Å². The van der Waals surface area contributed by atoms with E-state index in [1.54, 1.807) is 29.1 Å². The highest BCUT2D eigenvalue weighted by atomic mass is 79.9. The van der Waals surface area contributed by atoms with Gasteiger partial charge in [0.1, 0.15) is 5.82 Å². The Kier molecular flexibility index (Phi) is 5.67. The molecule has 0 aliphatic carbocycles. The van der Waals surface area contributed by atoms with Crippen molar-refractivity contribution in [3.63, 3.8) is 0 Å². The molecular weight excluding hydrogens is 455 g/mol. The SMILES string of the molecule is CCn1cc(C2=NOC(C(=O)Nc3nn(Cc4ccccc4F)cc3Br)C2)c(C)n1. The molecule has 0 saturated carbocycles. The standard InChI is InChI=1S/C20H20BrFN6O2/c1-3-27-10-14(12(2)24-27)17-8-18(30-26-17)20(29)23-19-15(21)11-28(25-19)9-13-6-4-5-7-16(13)22/h4-7,10-11,18H,3,8-9H2,1-2H3,(H,23,25,29). The smallest absolute Gasteiger partial charge is 0.269 e. The van der Waals surface area contributed by atoms with E-state index in [4.69, 9.17) is 4.84 Å². The van der Waals surface area contributed by atoms with Crippen molar-refractivity contribution in [1.82, 2.24) is 19.6 Å². The van der Waals surface area contributed by atoms with Crippen molar-refractivity contribution in [2.24, 2.45) is 5.16 Å². The van der Waals surface area contributed by atoms with Crippen molar-refractivity contribution in [2.45, 2.75) is 39.5 Å². The molecule has 0 fully saturated rings. The molecule has 1 atom stereocenters. The lowest BCUT2D eigenvalue weighted by molar-refractivity contribution is -0.125. The Morgan fingerprint density at radius 1 is 1.30 bits per heavy atom. The first-order valence-corrected chi connectivity index (χ1v) is 10.3. The molecule has 2 aromatic heterocycles. The first kappa shape index (κ1) is 20.3. The number of anilines is 1. The fourth-order valence-electron chi connectivity index (χ4n) is 3.20. The molecule has 0 radical (unpaired) electrons. The zero-order valence-corrected chi connectivity index (χ0v) is 18.1. The van der Waals surface area contributed by atoms with Gasteiger partial charge in [0.2, 0.25) is 6.10 Å². The number of aryl methyl sites for hydroxylation is 2. The van der Waals surface area contributed by atoms with Gasteiger partial charge in [-0.1, -0.05) is 23.4 Å². The van der Waals surface area contributed by atoms with Gasteiger partial charge >= 0.3 is 0 Å². The molecule has 4 rings (SSSR count). The van der Waals surface area contributed by atoms with Gasteiger partial charge < -0.3 is 10.2 Å². The summed E-state index contributed by atoms with van der Waals surface area (Å²) in [6.45, 7) is 4.90. The van der Waals surface area contributed by atoms with Crippen molar-refractivity contribution in [3.8, 4) is 0 Å². The maximum Gasteiger partial charge on any atom is 0.269 e. The second-order valence-corrected chi connectivity index (χ2v) is 7.78.